The third kappa shape index (κ3) is 7.11. The van der Waals surface area contributed by atoms with Crippen LogP contribution in [0.3, 0.4) is 0 Å². The summed E-state index contributed by atoms with van der Waals surface area (Å²) in [5, 5.41) is 6.99. The van der Waals surface area contributed by atoms with E-state index in [0.29, 0.717) is 59.1 Å². The van der Waals surface area contributed by atoms with Gasteiger partial charge in [-0.15, -0.1) is 0 Å². The van der Waals surface area contributed by atoms with Crippen molar-refractivity contribution in [2.45, 2.75) is 50.6 Å². The quantitative estimate of drug-likeness (QED) is 0.169. The molecule has 11 heteroatoms. The maximum Gasteiger partial charge on any atom is 0.247 e. The van der Waals surface area contributed by atoms with Crippen LogP contribution in [0.2, 0.25) is 5.02 Å². The molecular weight excluding hydrogens is 652 g/mol. The molecule has 10 nitrogen and oxygen atoms in total. The van der Waals surface area contributed by atoms with E-state index >= 15 is 0 Å². The van der Waals surface area contributed by atoms with Crippen LogP contribution in [0.25, 0.3) is 22.3 Å². The van der Waals surface area contributed by atoms with Crippen LogP contribution in [0, 0.1) is 0 Å². The number of nitrogens with one attached hydrogen (secondary N) is 3. The Balaban J connectivity index is 0.991. The van der Waals surface area contributed by atoms with Crippen molar-refractivity contribution in [1.82, 2.24) is 19.8 Å². The monoisotopic (exact) mass is 688 g/mol. The number of hydrogen-bond donors (Lipinski definition) is 3. The molecule has 0 radical (unpaired) electrons. The average molecular weight is 689 g/mol. The number of anilines is 2. The van der Waals surface area contributed by atoms with Crippen molar-refractivity contribution in [2.75, 3.05) is 23.7 Å². The molecule has 2 aromatic heterocycles. The highest BCUT2D eigenvalue weighted by atomic mass is 35.5. The Bertz CT molecular complexity index is 2030. The van der Waals surface area contributed by atoms with Crippen LogP contribution in [0.15, 0.2) is 97.2 Å². The number of hydrogen-bond acceptors (Lipinski definition) is 5. The lowest BCUT2D eigenvalue weighted by atomic mass is 10.1. The summed E-state index contributed by atoms with van der Waals surface area (Å²) in [6, 6.07) is 27.1. The number of halogens is 1. The van der Waals surface area contributed by atoms with Crippen LogP contribution in [-0.4, -0.2) is 68.6 Å². The Morgan fingerprint density at radius 3 is 1.78 bits per heavy atom. The minimum absolute atomic E-state index is 0.0524. The number of rotatable bonds is 9. The van der Waals surface area contributed by atoms with Crippen LogP contribution < -0.4 is 10.6 Å². The van der Waals surface area contributed by atoms with Gasteiger partial charge < -0.3 is 25.4 Å². The second-order valence-electron chi connectivity index (χ2n) is 12.8. The van der Waals surface area contributed by atoms with E-state index < -0.39 is 12.1 Å². The van der Waals surface area contributed by atoms with Gasteiger partial charge in [0, 0.05) is 24.2 Å². The number of fused-ring (bicyclic) bond motifs is 1. The van der Waals surface area contributed by atoms with Gasteiger partial charge in [0.15, 0.2) is 0 Å². The summed E-state index contributed by atoms with van der Waals surface area (Å²) in [5.41, 5.74) is 4.93. The zero-order valence-electron chi connectivity index (χ0n) is 27.4. The topological polar surface area (TPSA) is 128 Å². The number of H-pyrrole nitrogens is 1. The van der Waals surface area contributed by atoms with Gasteiger partial charge in [-0.3, -0.25) is 19.2 Å². The summed E-state index contributed by atoms with van der Waals surface area (Å²) < 4.78 is 0. The van der Waals surface area contributed by atoms with Gasteiger partial charge in [-0.2, -0.15) is 0 Å². The van der Waals surface area contributed by atoms with E-state index in [0.717, 1.165) is 29.5 Å². The zero-order valence-corrected chi connectivity index (χ0v) is 28.2. The molecule has 2 aliphatic rings. The first kappa shape index (κ1) is 33.0. The molecule has 2 atom stereocenters. The lowest BCUT2D eigenvalue weighted by Crippen LogP contribution is -2.43. The van der Waals surface area contributed by atoms with Gasteiger partial charge in [-0.1, -0.05) is 84.4 Å². The van der Waals surface area contributed by atoms with Gasteiger partial charge in [-0.05, 0) is 60.6 Å². The third-order valence-corrected chi connectivity index (χ3v) is 9.84. The van der Waals surface area contributed by atoms with E-state index in [1.165, 1.54) is 0 Å². The van der Waals surface area contributed by atoms with Crippen LogP contribution in [-0.2, 0) is 32.0 Å². The molecule has 1 unspecified atom stereocenters. The van der Waals surface area contributed by atoms with Crippen molar-refractivity contribution < 1.29 is 19.2 Å². The molecule has 0 spiro atoms. The predicted molar refractivity (Wildman–Crippen MR) is 194 cm³/mol. The van der Waals surface area contributed by atoms with Crippen LogP contribution in [0.4, 0.5) is 11.4 Å². The number of carbonyl (C=O) groups excluding carboxylic acids is 4. The average Bonchev–Trinajstić information content (AvgIpc) is 3.89. The first-order chi connectivity index (χ1) is 24.3. The Hall–Kier alpha value is -5.48. The van der Waals surface area contributed by atoms with Crippen LogP contribution >= 0.6 is 11.6 Å². The number of aromatic nitrogens is 2. The molecule has 50 heavy (non-hydrogen) atoms. The third-order valence-electron chi connectivity index (χ3n) is 9.44. The van der Waals surface area contributed by atoms with Gasteiger partial charge >= 0.3 is 0 Å². The number of amides is 4. The van der Waals surface area contributed by atoms with Crippen LogP contribution in [0.1, 0.15) is 36.8 Å². The highest BCUT2D eigenvalue weighted by Crippen LogP contribution is 2.35. The van der Waals surface area contributed by atoms with Gasteiger partial charge in [-0.25, -0.2) is 4.98 Å². The molecule has 3 aromatic carbocycles. The molecule has 0 saturated carbocycles. The molecule has 5 aromatic rings. The Morgan fingerprint density at radius 1 is 0.720 bits per heavy atom. The first-order valence-corrected chi connectivity index (χ1v) is 17.3. The van der Waals surface area contributed by atoms with E-state index in [2.05, 4.69) is 20.6 Å². The molecule has 254 valence electrons. The fraction of sp³-hybridized carbons (Fsp3) is 0.256. The highest BCUT2D eigenvalue weighted by Gasteiger charge is 2.35. The van der Waals surface area contributed by atoms with Gasteiger partial charge in [0.05, 0.1) is 35.4 Å². The molecule has 2 aliphatic heterocycles. The molecular formula is C39H37ClN6O4. The summed E-state index contributed by atoms with van der Waals surface area (Å²) in [7, 11) is 0. The molecule has 3 N–H and O–H groups in total. The molecule has 2 fully saturated rings. The maximum absolute atomic E-state index is 13.3. The largest absolute Gasteiger partial charge is 0.338 e. The van der Waals surface area contributed by atoms with Crippen molar-refractivity contribution in [3.05, 3.63) is 113 Å². The van der Waals surface area contributed by atoms with Gasteiger partial charge in [0.2, 0.25) is 23.6 Å². The summed E-state index contributed by atoms with van der Waals surface area (Å²) >= 11 is 6.84. The van der Waals surface area contributed by atoms with E-state index in [9.17, 15) is 19.2 Å². The number of aromatic amines is 1. The van der Waals surface area contributed by atoms with Crippen molar-refractivity contribution >= 4 is 57.6 Å². The minimum atomic E-state index is -0.551. The molecule has 2 saturated heterocycles. The number of carbonyl (C=O) groups is 4. The minimum Gasteiger partial charge on any atom is -0.338 e. The van der Waals surface area contributed by atoms with Crippen LogP contribution in [0.5, 0.6) is 0 Å². The Labute approximate surface area is 294 Å². The first-order valence-electron chi connectivity index (χ1n) is 16.9. The lowest BCUT2D eigenvalue weighted by Gasteiger charge is -2.24. The maximum atomic E-state index is 13.3. The second kappa shape index (κ2) is 14.6. The Kier molecular flexibility index (Phi) is 9.62. The molecule has 4 heterocycles. The second-order valence-corrected chi connectivity index (χ2v) is 13.2. The molecule has 7 rings (SSSR count). The molecule has 0 bridgehead atoms. The number of nitrogens with zero attached hydrogens (tertiary/aromatic N) is 3. The summed E-state index contributed by atoms with van der Waals surface area (Å²) in [4.78, 5) is 63.7. The predicted octanol–water partition coefficient (Wildman–Crippen LogP) is 6.23. The SMILES string of the molecule is O=C(Nc1cnc2[nH]c(-c3ccc(NC(=O)[C@@H]4CCCN4C(=O)Cc4ccccc4)cc3)c(Cl)c2c1)C1CCCN1C(=O)Cc1ccccc1. The number of benzene rings is 3. The van der Waals surface area contributed by atoms with E-state index in [-0.39, 0.29) is 36.5 Å². The lowest BCUT2D eigenvalue weighted by molar-refractivity contribution is -0.136. The van der Waals surface area contributed by atoms with Crippen molar-refractivity contribution in [3.63, 3.8) is 0 Å². The summed E-state index contributed by atoms with van der Waals surface area (Å²) in [5.74, 6) is -0.583. The summed E-state index contributed by atoms with van der Waals surface area (Å²) in [6.07, 6.45) is 4.85. The summed E-state index contributed by atoms with van der Waals surface area (Å²) in [6.45, 7) is 1.11. The van der Waals surface area contributed by atoms with Crippen molar-refractivity contribution in [1.29, 1.82) is 0 Å². The standard InChI is InChI=1S/C39H37ClN6O4/c40-35-30-23-29(43-39(50)32-14-8-20-46(32)34(48)22-26-11-5-2-6-12-26)24-41-37(30)44-36(35)27-15-17-28(18-16-27)42-38(49)31-13-7-19-45(31)33(47)21-25-9-3-1-4-10-25/h1-6,9-12,15-18,23-24,31-32H,7-8,13-14,19-22H2,(H,41,44)(H,42,49)(H,43,50)/t31-,32?/m0/s1. The fourth-order valence-corrected chi connectivity index (χ4v) is 7.20. The Morgan fingerprint density at radius 2 is 1.24 bits per heavy atom. The number of likely N-dealkylation sites (tertiary alicyclic amines) is 2. The van der Waals surface area contributed by atoms with E-state index in [1.54, 1.807) is 34.2 Å². The van der Waals surface area contributed by atoms with Gasteiger partial charge in [0.25, 0.3) is 0 Å². The zero-order chi connectivity index (χ0) is 34.6. The van der Waals surface area contributed by atoms with Crippen molar-refractivity contribution in [3.8, 4) is 11.3 Å². The smallest absolute Gasteiger partial charge is 0.247 e. The van der Waals surface area contributed by atoms with E-state index in [1.807, 2.05) is 72.8 Å². The molecule has 4 amide bonds. The fourth-order valence-electron chi connectivity index (χ4n) is 6.90. The molecule has 0 aliphatic carbocycles. The highest BCUT2D eigenvalue weighted by molar-refractivity contribution is 6.38. The van der Waals surface area contributed by atoms with Gasteiger partial charge in [0.1, 0.15) is 17.7 Å². The normalized spacial score (nSPS) is 17.2. The van der Waals surface area contributed by atoms with E-state index in [4.69, 9.17) is 11.6 Å². The van der Waals surface area contributed by atoms with Crippen molar-refractivity contribution in [2.24, 2.45) is 0 Å². The number of pyridine rings is 1.